The first-order valence-corrected chi connectivity index (χ1v) is 7.47. The van der Waals surface area contributed by atoms with Gasteiger partial charge in [-0.2, -0.15) is 0 Å². The summed E-state index contributed by atoms with van der Waals surface area (Å²) in [4.78, 5) is 11.9. The fraction of sp³-hybridized carbons (Fsp3) is 0.278. The minimum atomic E-state index is -0.889. The van der Waals surface area contributed by atoms with Crippen LogP contribution in [0.5, 0.6) is 0 Å². The zero-order chi connectivity index (χ0) is 16.8. The quantitative estimate of drug-likeness (QED) is 0.858. The molecule has 0 saturated heterocycles. The molecule has 0 aromatic heterocycles. The molecule has 0 radical (unpaired) electrons. The van der Waals surface area contributed by atoms with Crippen LogP contribution in [0.4, 0.5) is 8.78 Å². The lowest BCUT2D eigenvalue weighted by molar-refractivity contribution is -0.120. The van der Waals surface area contributed by atoms with Crippen molar-refractivity contribution in [1.29, 1.82) is 0 Å². The number of rotatable bonds is 6. The summed E-state index contributed by atoms with van der Waals surface area (Å²) < 4.78 is 26.1. The number of hydrogen-bond acceptors (Lipinski definition) is 2. The van der Waals surface area contributed by atoms with E-state index in [1.54, 1.807) is 6.92 Å². The van der Waals surface area contributed by atoms with E-state index in [4.69, 9.17) is 0 Å². The molecule has 1 amide bonds. The molecule has 2 aromatic carbocycles. The van der Waals surface area contributed by atoms with Gasteiger partial charge in [-0.25, -0.2) is 8.78 Å². The van der Waals surface area contributed by atoms with Gasteiger partial charge < -0.3 is 10.6 Å². The van der Waals surface area contributed by atoms with Gasteiger partial charge >= 0.3 is 0 Å². The molecule has 2 aromatic rings. The van der Waals surface area contributed by atoms with Gasteiger partial charge in [-0.15, -0.1) is 0 Å². The molecule has 2 N–H and O–H groups in total. The fourth-order valence-electron chi connectivity index (χ4n) is 2.21. The summed E-state index contributed by atoms with van der Waals surface area (Å²) in [5.41, 5.74) is 2.78. The third kappa shape index (κ3) is 4.86. The monoisotopic (exact) mass is 318 g/mol. The number of aryl methyl sites for hydroxylation is 1. The number of carbonyl (C=O) groups excluding carboxylic acids is 1. The van der Waals surface area contributed by atoms with E-state index in [9.17, 15) is 13.6 Å². The summed E-state index contributed by atoms with van der Waals surface area (Å²) in [6.07, 6.45) is 0. The zero-order valence-corrected chi connectivity index (χ0v) is 13.2. The van der Waals surface area contributed by atoms with Crippen LogP contribution in [0.25, 0.3) is 0 Å². The summed E-state index contributed by atoms with van der Waals surface area (Å²) in [6, 6.07) is 11.3. The molecule has 0 aliphatic carbocycles. The summed E-state index contributed by atoms with van der Waals surface area (Å²) in [5, 5.41) is 5.83. The minimum absolute atomic E-state index is 0.103. The van der Waals surface area contributed by atoms with E-state index in [0.717, 1.165) is 23.3 Å². The average Bonchev–Trinajstić information content (AvgIpc) is 2.54. The smallest absolute Gasteiger partial charge is 0.234 e. The predicted molar refractivity (Wildman–Crippen MR) is 85.8 cm³/mol. The predicted octanol–water partition coefficient (Wildman–Crippen LogP) is 3.24. The van der Waals surface area contributed by atoms with Crippen LogP contribution < -0.4 is 10.6 Å². The standard InChI is InChI=1S/C18H20F2N2O/c1-12-5-3-4-6-15(12)10-22-18(23)11-21-13(2)14-7-8-16(19)17(20)9-14/h3-9,13,21H,10-11H2,1-2H3,(H,22,23)/t13-/m0/s1. The highest BCUT2D eigenvalue weighted by molar-refractivity contribution is 5.78. The van der Waals surface area contributed by atoms with Crippen LogP contribution in [-0.4, -0.2) is 12.5 Å². The van der Waals surface area contributed by atoms with E-state index in [1.807, 2.05) is 31.2 Å². The Morgan fingerprint density at radius 1 is 1.13 bits per heavy atom. The van der Waals surface area contributed by atoms with Crippen molar-refractivity contribution in [2.75, 3.05) is 6.54 Å². The second-order valence-corrected chi connectivity index (χ2v) is 5.48. The molecule has 1 atom stereocenters. The number of halogens is 2. The highest BCUT2D eigenvalue weighted by Crippen LogP contribution is 2.15. The van der Waals surface area contributed by atoms with Crippen molar-refractivity contribution in [2.24, 2.45) is 0 Å². The molecule has 0 aliphatic rings. The van der Waals surface area contributed by atoms with Crippen molar-refractivity contribution in [3.8, 4) is 0 Å². The fourth-order valence-corrected chi connectivity index (χ4v) is 2.21. The van der Waals surface area contributed by atoms with Crippen molar-refractivity contribution in [3.05, 3.63) is 70.8 Å². The van der Waals surface area contributed by atoms with E-state index in [2.05, 4.69) is 10.6 Å². The lowest BCUT2D eigenvalue weighted by atomic mass is 10.1. The van der Waals surface area contributed by atoms with Crippen molar-refractivity contribution < 1.29 is 13.6 Å². The Morgan fingerprint density at radius 3 is 2.57 bits per heavy atom. The topological polar surface area (TPSA) is 41.1 Å². The second-order valence-electron chi connectivity index (χ2n) is 5.48. The van der Waals surface area contributed by atoms with Crippen LogP contribution in [0, 0.1) is 18.6 Å². The van der Waals surface area contributed by atoms with Gasteiger partial charge in [-0.3, -0.25) is 4.79 Å². The van der Waals surface area contributed by atoms with E-state index in [-0.39, 0.29) is 18.5 Å². The zero-order valence-electron chi connectivity index (χ0n) is 13.2. The van der Waals surface area contributed by atoms with Gasteiger partial charge in [0.1, 0.15) is 0 Å². The van der Waals surface area contributed by atoms with Gasteiger partial charge in [0.15, 0.2) is 11.6 Å². The van der Waals surface area contributed by atoms with Gasteiger partial charge in [0, 0.05) is 12.6 Å². The van der Waals surface area contributed by atoms with Gasteiger partial charge in [-0.05, 0) is 42.7 Å². The Bertz CT molecular complexity index is 688. The molecular weight excluding hydrogens is 298 g/mol. The van der Waals surface area contributed by atoms with Crippen molar-refractivity contribution >= 4 is 5.91 Å². The van der Waals surface area contributed by atoms with E-state index >= 15 is 0 Å². The summed E-state index contributed by atoms with van der Waals surface area (Å²) in [6.45, 7) is 4.35. The Hall–Kier alpha value is -2.27. The SMILES string of the molecule is Cc1ccccc1CNC(=O)CN[C@@H](C)c1ccc(F)c(F)c1. The van der Waals surface area contributed by atoms with Crippen LogP contribution in [-0.2, 0) is 11.3 Å². The summed E-state index contributed by atoms with van der Waals surface area (Å²) >= 11 is 0. The largest absolute Gasteiger partial charge is 0.351 e. The molecule has 0 spiro atoms. The lowest BCUT2D eigenvalue weighted by Crippen LogP contribution is -2.34. The summed E-state index contributed by atoms with van der Waals surface area (Å²) in [5.74, 6) is -1.92. The highest BCUT2D eigenvalue weighted by atomic mass is 19.2. The Kier molecular flexibility index (Phi) is 5.82. The van der Waals surface area contributed by atoms with Crippen molar-refractivity contribution in [1.82, 2.24) is 10.6 Å². The van der Waals surface area contributed by atoms with Crippen LogP contribution in [0.15, 0.2) is 42.5 Å². The maximum atomic E-state index is 13.2. The van der Waals surface area contributed by atoms with Crippen LogP contribution in [0.3, 0.4) is 0 Å². The second kappa shape index (κ2) is 7.83. The lowest BCUT2D eigenvalue weighted by Gasteiger charge is -2.15. The number of benzene rings is 2. The highest BCUT2D eigenvalue weighted by Gasteiger charge is 2.10. The molecule has 0 fully saturated rings. The van der Waals surface area contributed by atoms with Gasteiger partial charge in [-0.1, -0.05) is 30.3 Å². The molecule has 0 bridgehead atoms. The number of hydrogen-bond donors (Lipinski definition) is 2. The van der Waals surface area contributed by atoms with Crippen LogP contribution in [0.1, 0.15) is 29.7 Å². The first kappa shape index (κ1) is 17.1. The number of nitrogens with one attached hydrogen (secondary N) is 2. The third-order valence-corrected chi connectivity index (χ3v) is 3.75. The minimum Gasteiger partial charge on any atom is -0.351 e. The summed E-state index contributed by atoms with van der Waals surface area (Å²) in [7, 11) is 0. The Labute approximate surface area is 134 Å². The molecule has 23 heavy (non-hydrogen) atoms. The van der Waals surface area contributed by atoms with E-state index < -0.39 is 11.6 Å². The molecule has 0 heterocycles. The van der Waals surface area contributed by atoms with Crippen LogP contribution in [0.2, 0.25) is 0 Å². The Morgan fingerprint density at radius 2 is 1.87 bits per heavy atom. The maximum Gasteiger partial charge on any atom is 0.234 e. The first-order chi connectivity index (χ1) is 11.0. The Balaban J connectivity index is 1.82. The molecule has 122 valence electrons. The number of carbonyl (C=O) groups is 1. The molecular formula is C18H20F2N2O. The molecule has 5 heteroatoms. The maximum absolute atomic E-state index is 13.2. The molecule has 0 saturated carbocycles. The van der Waals surface area contributed by atoms with Gasteiger partial charge in [0.25, 0.3) is 0 Å². The molecule has 2 rings (SSSR count). The van der Waals surface area contributed by atoms with Gasteiger partial charge in [0.2, 0.25) is 5.91 Å². The normalized spacial score (nSPS) is 12.0. The van der Waals surface area contributed by atoms with Crippen molar-refractivity contribution in [2.45, 2.75) is 26.4 Å². The third-order valence-electron chi connectivity index (χ3n) is 3.75. The first-order valence-electron chi connectivity index (χ1n) is 7.47. The number of amides is 1. The molecule has 0 unspecified atom stereocenters. The van der Waals surface area contributed by atoms with Gasteiger partial charge in [0.05, 0.1) is 6.54 Å². The van der Waals surface area contributed by atoms with E-state index in [1.165, 1.54) is 6.07 Å². The molecule has 3 nitrogen and oxygen atoms in total. The van der Waals surface area contributed by atoms with Crippen molar-refractivity contribution in [3.63, 3.8) is 0 Å². The van der Waals surface area contributed by atoms with E-state index in [0.29, 0.717) is 12.1 Å². The molecule has 0 aliphatic heterocycles. The van der Waals surface area contributed by atoms with Crippen LogP contribution >= 0.6 is 0 Å². The average molecular weight is 318 g/mol.